The fraction of sp³-hybridized carbons (Fsp3) is 0.500. The first-order valence-electron chi connectivity index (χ1n) is 6.17. The number of unbranched alkanes of at least 4 members (excludes halogenated alkanes) is 1. The predicted octanol–water partition coefficient (Wildman–Crippen LogP) is 3.44. The maximum atomic E-state index is 11.7. The zero-order valence-electron chi connectivity index (χ0n) is 10.9. The van der Waals surface area contributed by atoms with Crippen LogP contribution in [0.25, 0.3) is 0 Å². The van der Waals surface area contributed by atoms with Gasteiger partial charge in [-0.3, -0.25) is 4.79 Å². The average Bonchev–Trinajstić information content (AvgIpc) is 2.39. The number of amides is 1. The molecule has 1 aromatic rings. The summed E-state index contributed by atoms with van der Waals surface area (Å²) >= 11 is 3.36. The Hall–Kier alpha value is -1.03. The third kappa shape index (κ3) is 4.69. The van der Waals surface area contributed by atoms with E-state index in [1.54, 1.807) is 7.11 Å². The van der Waals surface area contributed by atoms with Crippen molar-refractivity contribution in [3.05, 3.63) is 29.8 Å². The van der Waals surface area contributed by atoms with Gasteiger partial charge in [-0.1, -0.05) is 34.1 Å². The number of methoxy groups -OCH3 is 1. The summed E-state index contributed by atoms with van der Waals surface area (Å²) in [4.78, 5) is 11.7. The highest BCUT2D eigenvalue weighted by atomic mass is 79.9. The van der Waals surface area contributed by atoms with Crippen LogP contribution in [0.1, 0.15) is 37.8 Å². The van der Waals surface area contributed by atoms with E-state index >= 15 is 0 Å². The lowest BCUT2D eigenvalue weighted by Crippen LogP contribution is -2.26. The van der Waals surface area contributed by atoms with Gasteiger partial charge in [0.05, 0.1) is 13.2 Å². The number of benzene rings is 1. The van der Waals surface area contributed by atoms with E-state index in [4.69, 9.17) is 4.74 Å². The Morgan fingerprint density at radius 3 is 2.78 bits per heavy atom. The second-order valence-electron chi connectivity index (χ2n) is 4.18. The number of hydrogen-bond acceptors (Lipinski definition) is 2. The highest BCUT2D eigenvalue weighted by molar-refractivity contribution is 9.09. The van der Waals surface area contributed by atoms with Crippen LogP contribution in [-0.4, -0.2) is 18.3 Å². The van der Waals surface area contributed by atoms with Crippen molar-refractivity contribution in [1.82, 2.24) is 5.32 Å². The highest BCUT2D eigenvalue weighted by Crippen LogP contribution is 2.24. The lowest BCUT2D eigenvalue weighted by molar-refractivity contribution is -0.121. The molecular weight excluding hydrogens is 294 g/mol. The molecule has 0 aliphatic carbocycles. The van der Waals surface area contributed by atoms with Crippen LogP contribution in [0.3, 0.4) is 0 Å². The van der Waals surface area contributed by atoms with Gasteiger partial charge in [0, 0.05) is 17.3 Å². The Kier molecular flexibility index (Phi) is 6.80. The molecule has 0 aliphatic rings. The lowest BCUT2D eigenvalue weighted by Gasteiger charge is -2.17. The number of carbonyl (C=O) groups excluding carboxylic acids is 1. The fourth-order valence-electron chi connectivity index (χ4n) is 1.80. The first-order chi connectivity index (χ1) is 8.69. The topological polar surface area (TPSA) is 38.3 Å². The predicted molar refractivity (Wildman–Crippen MR) is 77.2 cm³/mol. The number of ether oxygens (including phenoxy) is 1. The van der Waals surface area contributed by atoms with E-state index in [0.29, 0.717) is 6.42 Å². The highest BCUT2D eigenvalue weighted by Gasteiger charge is 2.12. The van der Waals surface area contributed by atoms with Crippen molar-refractivity contribution in [2.45, 2.75) is 32.2 Å². The number of hydrogen-bond donors (Lipinski definition) is 1. The average molecular weight is 314 g/mol. The molecule has 0 fully saturated rings. The molecule has 1 atom stereocenters. The van der Waals surface area contributed by atoms with Crippen molar-refractivity contribution in [2.75, 3.05) is 12.4 Å². The molecule has 0 unspecified atom stereocenters. The normalized spacial score (nSPS) is 11.9. The zero-order chi connectivity index (χ0) is 13.4. The van der Waals surface area contributed by atoms with Crippen molar-refractivity contribution in [2.24, 2.45) is 0 Å². The molecule has 0 aromatic heterocycles. The third-order valence-electron chi connectivity index (χ3n) is 2.77. The molecular formula is C14H20BrNO2. The Balaban J connectivity index is 2.53. The van der Waals surface area contributed by atoms with Crippen LogP contribution >= 0.6 is 15.9 Å². The quantitative estimate of drug-likeness (QED) is 0.618. The zero-order valence-corrected chi connectivity index (χ0v) is 12.5. The number of para-hydroxylation sites is 1. The summed E-state index contributed by atoms with van der Waals surface area (Å²) in [7, 11) is 1.64. The van der Waals surface area contributed by atoms with Crippen LogP contribution in [0.2, 0.25) is 0 Å². The summed E-state index contributed by atoms with van der Waals surface area (Å²) in [5.74, 6) is 0.903. The summed E-state index contributed by atoms with van der Waals surface area (Å²) in [6.07, 6.45) is 2.51. The van der Waals surface area contributed by atoms with Gasteiger partial charge in [0.15, 0.2) is 0 Å². The molecule has 18 heavy (non-hydrogen) atoms. The van der Waals surface area contributed by atoms with Gasteiger partial charge >= 0.3 is 0 Å². The van der Waals surface area contributed by atoms with E-state index in [1.807, 2.05) is 31.2 Å². The monoisotopic (exact) mass is 313 g/mol. The van der Waals surface area contributed by atoms with Crippen molar-refractivity contribution < 1.29 is 9.53 Å². The standard InChI is InChI=1S/C14H20BrNO2/c1-11(16-14(17)9-5-6-10-15)12-7-3-4-8-13(12)18-2/h3-4,7-8,11H,5-6,9-10H2,1-2H3,(H,16,17)/t11-/m0/s1. The summed E-state index contributed by atoms with van der Waals surface area (Å²) in [5, 5.41) is 3.94. The minimum atomic E-state index is -0.0300. The smallest absolute Gasteiger partial charge is 0.220 e. The first kappa shape index (κ1) is 15.0. The Morgan fingerprint density at radius 1 is 1.39 bits per heavy atom. The molecule has 1 N–H and O–H groups in total. The first-order valence-corrected chi connectivity index (χ1v) is 7.29. The van der Waals surface area contributed by atoms with Crippen LogP contribution in [0.4, 0.5) is 0 Å². The largest absolute Gasteiger partial charge is 0.496 e. The van der Waals surface area contributed by atoms with Crippen LogP contribution in [0.15, 0.2) is 24.3 Å². The van der Waals surface area contributed by atoms with Crippen LogP contribution in [-0.2, 0) is 4.79 Å². The molecule has 0 saturated heterocycles. The van der Waals surface area contributed by atoms with Gasteiger partial charge in [0.2, 0.25) is 5.91 Å². The number of nitrogens with one attached hydrogen (secondary N) is 1. The number of carbonyl (C=O) groups is 1. The molecule has 0 bridgehead atoms. The van der Waals surface area contributed by atoms with Crippen LogP contribution in [0.5, 0.6) is 5.75 Å². The molecule has 1 amide bonds. The molecule has 0 heterocycles. The van der Waals surface area contributed by atoms with Crippen LogP contribution in [0, 0.1) is 0 Å². The Morgan fingerprint density at radius 2 is 2.11 bits per heavy atom. The van der Waals surface area contributed by atoms with Crippen molar-refractivity contribution in [3.63, 3.8) is 0 Å². The summed E-state index contributed by atoms with van der Waals surface area (Å²) in [6.45, 7) is 1.97. The summed E-state index contributed by atoms with van der Waals surface area (Å²) < 4.78 is 5.29. The number of alkyl halides is 1. The van der Waals surface area contributed by atoms with Gasteiger partial charge in [0.25, 0.3) is 0 Å². The third-order valence-corrected chi connectivity index (χ3v) is 3.33. The maximum Gasteiger partial charge on any atom is 0.220 e. The second-order valence-corrected chi connectivity index (χ2v) is 4.97. The van der Waals surface area contributed by atoms with Gasteiger partial charge in [-0.15, -0.1) is 0 Å². The molecule has 4 heteroatoms. The molecule has 1 rings (SSSR count). The summed E-state index contributed by atoms with van der Waals surface area (Å²) in [5.41, 5.74) is 1.01. The molecule has 0 radical (unpaired) electrons. The minimum Gasteiger partial charge on any atom is -0.496 e. The fourth-order valence-corrected chi connectivity index (χ4v) is 2.19. The van der Waals surface area contributed by atoms with E-state index in [2.05, 4.69) is 21.2 Å². The van der Waals surface area contributed by atoms with Crippen molar-refractivity contribution in [3.8, 4) is 5.75 Å². The van der Waals surface area contributed by atoms with E-state index < -0.39 is 0 Å². The van der Waals surface area contributed by atoms with Gasteiger partial charge in [0.1, 0.15) is 5.75 Å². The second kappa shape index (κ2) is 8.14. The lowest BCUT2D eigenvalue weighted by atomic mass is 10.1. The SMILES string of the molecule is COc1ccccc1[C@H](C)NC(=O)CCCCBr. The molecule has 0 spiro atoms. The van der Waals surface area contributed by atoms with Crippen molar-refractivity contribution in [1.29, 1.82) is 0 Å². The van der Waals surface area contributed by atoms with Crippen molar-refractivity contribution >= 4 is 21.8 Å². The number of rotatable bonds is 7. The molecule has 0 saturated carbocycles. The molecule has 0 aliphatic heterocycles. The maximum absolute atomic E-state index is 11.7. The van der Waals surface area contributed by atoms with E-state index in [1.165, 1.54) is 0 Å². The van der Waals surface area contributed by atoms with Gasteiger partial charge in [-0.25, -0.2) is 0 Å². The minimum absolute atomic E-state index is 0.0300. The van der Waals surface area contributed by atoms with E-state index in [0.717, 1.165) is 29.5 Å². The van der Waals surface area contributed by atoms with Gasteiger partial charge in [-0.05, 0) is 25.8 Å². The molecule has 1 aromatic carbocycles. The molecule has 100 valence electrons. The van der Waals surface area contributed by atoms with E-state index in [9.17, 15) is 4.79 Å². The van der Waals surface area contributed by atoms with E-state index in [-0.39, 0.29) is 11.9 Å². The summed E-state index contributed by atoms with van der Waals surface area (Å²) in [6, 6.07) is 7.72. The van der Waals surface area contributed by atoms with Crippen LogP contribution < -0.4 is 10.1 Å². The van der Waals surface area contributed by atoms with Gasteiger partial charge < -0.3 is 10.1 Å². The Bertz CT molecular complexity index is 382. The molecule has 3 nitrogen and oxygen atoms in total. The number of halogens is 1. The van der Waals surface area contributed by atoms with Gasteiger partial charge in [-0.2, -0.15) is 0 Å². The Labute approximate surface area is 117 Å².